The minimum atomic E-state index is -0.333. The van der Waals surface area contributed by atoms with E-state index in [0.717, 1.165) is 16.7 Å². The second-order valence-corrected chi connectivity index (χ2v) is 5.94. The Bertz CT molecular complexity index is 988. The van der Waals surface area contributed by atoms with Gasteiger partial charge in [-0.15, -0.1) is 0 Å². The maximum atomic E-state index is 12.2. The third-order valence-corrected chi connectivity index (χ3v) is 4.10. The fraction of sp³-hybridized carbons (Fsp3) is 0.150. The Morgan fingerprint density at radius 2 is 1.93 bits per heavy atom. The number of pyridine rings is 1. The van der Waals surface area contributed by atoms with Crippen LogP contribution in [-0.2, 0) is 0 Å². The predicted molar refractivity (Wildman–Crippen MR) is 106 cm³/mol. The number of carbonyl (C=O) groups excluding carboxylic acids is 1. The van der Waals surface area contributed by atoms with Crippen LogP contribution >= 0.6 is 11.6 Å². The fourth-order valence-corrected chi connectivity index (χ4v) is 2.65. The number of ether oxygens (including phenoxy) is 2. The van der Waals surface area contributed by atoms with E-state index < -0.39 is 0 Å². The van der Waals surface area contributed by atoms with E-state index in [1.807, 2.05) is 31.2 Å². The highest BCUT2D eigenvalue weighted by molar-refractivity contribution is 6.32. The van der Waals surface area contributed by atoms with Gasteiger partial charge in [0.1, 0.15) is 16.7 Å². The van der Waals surface area contributed by atoms with Crippen LogP contribution in [0.5, 0.6) is 11.5 Å². The smallest absolute Gasteiger partial charge is 0.271 e. The van der Waals surface area contributed by atoms with Gasteiger partial charge in [-0.2, -0.15) is 5.10 Å². The number of benzene rings is 2. The van der Waals surface area contributed by atoms with Crippen LogP contribution < -0.4 is 14.9 Å². The molecule has 3 aromatic rings. The zero-order valence-electron chi connectivity index (χ0n) is 14.9. The lowest BCUT2D eigenvalue weighted by Gasteiger charge is -2.05. The molecule has 0 spiro atoms. The number of halogens is 1. The highest BCUT2D eigenvalue weighted by Gasteiger charge is 2.06. The van der Waals surface area contributed by atoms with Crippen molar-refractivity contribution in [3.05, 3.63) is 64.8 Å². The SMILES string of the molecule is CCOc1ccc(C(=O)N/N=C\c2cc3cc(OC)ccc3nc2Cl)cc1. The molecule has 2 aromatic carbocycles. The van der Waals surface area contributed by atoms with Crippen LogP contribution in [0.4, 0.5) is 0 Å². The average Bonchev–Trinajstić information content (AvgIpc) is 2.68. The van der Waals surface area contributed by atoms with Gasteiger partial charge >= 0.3 is 0 Å². The quantitative estimate of drug-likeness (QED) is 0.396. The van der Waals surface area contributed by atoms with Crippen LogP contribution in [0.2, 0.25) is 5.15 Å². The molecule has 0 atom stereocenters. The van der Waals surface area contributed by atoms with E-state index >= 15 is 0 Å². The van der Waals surface area contributed by atoms with Crippen molar-refractivity contribution in [3.8, 4) is 11.5 Å². The zero-order valence-corrected chi connectivity index (χ0v) is 15.7. The number of aromatic nitrogens is 1. The largest absolute Gasteiger partial charge is 0.497 e. The first-order chi connectivity index (χ1) is 13.1. The topological polar surface area (TPSA) is 72.8 Å². The first kappa shape index (κ1) is 18.7. The summed E-state index contributed by atoms with van der Waals surface area (Å²) in [5, 5.41) is 5.13. The van der Waals surface area contributed by atoms with Crippen molar-refractivity contribution in [2.45, 2.75) is 6.92 Å². The lowest BCUT2D eigenvalue weighted by Crippen LogP contribution is -2.17. The molecule has 1 aromatic heterocycles. The number of nitrogens with one attached hydrogen (secondary N) is 1. The Morgan fingerprint density at radius 1 is 1.19 bits per heavy atom. The molecule has 27 heavy (non-hydrogen) atoms. The standard InChI is InChI=1S/C20H18ClN3O3/c1-3-27-16-6-4-13(5-7-16)20(25)24-22-12-15-10-14-11-17(26-2)8-9-18(14)23-19(15)21/h4-12H,3H2,1-2H3,(H,24,25)/b22-12-. The third-order valence-electron chi connectivity index (χ3n) is 3.80. The summed E-state index contributed by atoms with van der Waals surface area (Å²) < 4.78 is 10.6. The van der Waals surface area contributed by atoms with E-state index in [1.54, 1.807) is 31.4 Å². The number of amides is 1. The first-order valence-corrected chi connectivity index (χ1v) is 8.69. The molecule has 1 N–H and O–H groups in total. The number of rotatable bonds is 6. The number of carbonyl (C=O) groups is 1. The van der Waals surface area contributed by atoms with Crippen molar-refractivity contribution in [2.24, 2.45) is 5.10 Å². The van der Waals surface area contributed by atoms with Gasteiger partial charge in [0.25, 0.3) is 5.91 Å². The summed E-state index contributed by atoms with van der Waals surface area (Å²) >= 11 is 6.20. The molecule has 0 aliphatic carbocycles. The number of hydrogen-bond donors (Lipinski definition) is 1. The van der Waals surface area contributed by atoms with Crippen molar-refractivity contribution in [1.82, 2.24) is 10.4 Å². The van der Waals surface area contributed by atoms with Gasteiger partial charge in [0.05, 0.1) is 25.4 Å². The summed E-state index contributed by atoms with van der Waals surface area (Å²) in [4.78, 5) is 16.5. The molecule has 1 amide bonds. The Labute approximate surface area is 161 Å². The maximum Gasteiger partial charge on any atom is 0.271 e. The van der Waals surface area contributed by atoms with Gasteiger partial charge < -0.3 is 9.47 Å². The van der Waals surface area contributed by atoms with E-state index in [4.69, 9.17) is 21.1 Å². The molecule has 6 nitrogen and oxygen atoms in total. The lowest BCUT2D eigenvalue weighted by molar-refractivity contribution is 0.0955. The van der Waals surface area contributed by atoms with Crippen LogP contribution in [0.25, 0.3) is 10.9 Å². The minimum Gasteiger partial charge on any atom is -0.497 e. The number of fused-ring (bicyclic) bond motifs is 1. The molecule has 0 bridgehead atoms. The number of hydrogen-bond acceptors (Lipinski definition) is 5. The van der Waals surface area contributed by atoms with Gasteiger partial charge in [-0.25, -0.2) is 10.4 Å². The van der Waals surface area contributed by atoms with Gasteiger partial charge in [-0.1, -0.05) is 11.6 Å². The second-order valence-electron chi connectivity index (χ2n) is 5.58. The Kier molecular flexibility index (Phi) is 5.88. The highest BCUT2D eigenvalue weighted by Crippen LogP contribution is 2.23. The van der Waals surface area contributed by atoms with Crippen LogP contribution in [0, 0.1) is 0 Å². The third kappa shape index (κ3) is 4.54. The summed E-state index contributed by atoms with van der Waals surface area (Å²) in [5.74, 6) is 1.10. The summed E-state index contributed by atoms with van der Waals surface area (Å²) in [6.45, 7) is 2.47. The maximum absolute atomic E-state index is 12.2. The van der Waals surface area contributed by atoms with Gasteiger partial charge in [-0.3, -0.25) is 4.79 Å². The van der Waals surface area contributed by atoms with Crippen LogP contribution in [-0.4, -0.2) is 30.8 Å². The Hall–Kier alpha value is -3.12. The minimum absolute atomic E-state index is 0.298. The molecular formula is C20H18ClN3O3. The number of hydrazone groups is 1. The molecule has 0 saturated carbocycles. The molecule has 0 aliphatic heterocycles. The van der Waals surface area contributed by atoms with Gasteiger partial charge in [0.2, 0.25) is 0 Å². The number of methoxy groups -OCH3 is 1. The fourth-order valence-electron chi connectivity index (χ4n) is 2.46. The summed E-state index contributed by atoms with van der Waals surface area (Å²) in [6.07, 6.45) is 1.46. The van der Waals surface area contributed by atoms with Crippen molar-refractivity contribution < 1.29 is 14.3 Å². The zero-order chi connectivity index (χ0) is 19.2. The molecule has 0 fully saturated rings. The molecule has 3 rings (SSSR count). The van der Waals surface area contributed by atoms with E-state index in [-0.39, 0.29) is 5.91 Å². The van der Waals surface area contributed by atoms with Crippen LogP contribution in [0.3, 0.4) is 0 Å². The lowest BCUT2D eigenvalue weighted by atomic mass is 10.1. The second kappa shape index (κ2) is 8.51. The Morgan fingerprint density at radius 3 is 2.63 bits per heavy atom. The van der Waals surface area contributed by atoms with Crippen molar-refractivity contribution >= 4 is 34.6 Å². The highest BCUT2D eigenvalue weighted by atomic mass is 35.5. The predicted octanol–water partition coefficient (Wildman–Crippen LogP) is 4.06. The molecule has 0 aliphatic rings. The van der Waals surface area contributed by atoms with Gasteiger partial charge in [0.15, 0.2) is 0 Å². The molecule has 1 heterocycles. The molecular weight excluding hydrogens is 366 g/mol. The summed E-state index contributed by atoms with van der Waals surface area (Å²) in [5.41, 5.74) is 4.28. The van der Waals surface area contributed by atoms with Crippen LogP contribution in [0.15, 0.2) is 53.6 Å². The first-order valence-electron chi connectivity index (χ1n) is 8.31. The van der Waals surface area contributed by atoms with Crippen molar-refractivity contribution in [1.29, 1.82) is 0 Å². The van der Waals surface area contributed by atoms with Gasteiger partial charge in [-0.05, 0) is 55.5 Å². The average molecular weight is 384 g/mol. The molecule has 138 valence electrons. The van der Waals surface area contributed by atoms with Gasteiger partial charge in [0, 0.05) is 16.5 Å². The van der Waals surface area contributed by atoms with E-state index in [9.17, 15) is 4.79 Å². The van der Waals surface area contributed by atoms with E-state index in [2.05, 4.69) is 15.5 Å². The van der Waals surface area contributed by atoms with Crippen molar-refractivity contribution in [3.63, 3.8) is 0 Å². The Balaban J connectivity index is 1.73. The number of nitrogens with zero attached hydrogens (tertiary/aromatic N) is 2. The molecule has 7 heteroatoms. The normalized spacial score (nSPS) is 10.9. The monoisotopic (exact) mass is 383 g/mol. The van der Waals surface area contributed by atoms with E-state index in [1.165, 1.54) is 6.21 Å². The molecule has 0 radical (unpaired) electrons. The summed E-state index contributed by atoms with van der Waals surface area (Å²) in [6, 6.07) is 14.2. The molecule has 0 unspecified atom stereocenters. The van der Waals surface area contributed by atoms with Crippen LogP contribution in [0.1, 0.15) is 22.8 Å². The van der Waals surface area contributed by atoms with E-state index in [0.29, 0.717) is 28.6 Å². The van der Waals surface area contributed by atoms with Crippen molar-refractivity contribution in [2.75, 3.05) is 13.7 Å². The molecule has 0 saturated heterocycles. The summed E-state index contributed by atoms with van der Waals surface area (Å²) in [7, 11) is 1.60.